The van der Waals surface area contributed by atoms with Gasteiger partial charge < -0.3 is 5.32 Å². The quantitative estimate of drug-likeness (QED) is 0.811. The summed E-state index contributed by atoms with van der Waals surface area (Å²) in [4.78, 5) is 1.95. The molecule has 5 heteroatoms. The summed E-state index contributed by atoms with van der Waals surface area (Å²) in [5, 5.41) is 3.09. The Hall–Kier alpha value is -0.290. The Labute approximate surface area is 95.2 Å². The lowest BCUT2D eigenvalue weighted by molar-refractivity contribution is -0.188. The molecule has 0 radical (unpaired) electrons. The second kappa shape index (κ2) is 5.36. The molecule has 3 unspecified atom stereocenters. The van der Waals surface area contributed by atoms with Crippen LogP contribution >= 0.6 is 0 Å². The molecule has 0 aromatic carbocycles. The van der Waals surface area contributed by atoms with Crippen LogP contribution in [0.1, 0.15) is 26.7 Å². The first-order valence-electron chi connectivity index (χ1n) is 5.84. The highest BCUT2D eigenvalue weighted by Gasteiger charge is 2.42. The van der Waals surface area contributed by atoms with Crippen LogP contribution in [0.2, 0.25) is 0 Å². The largest absolute Gasteiger partial charge is 0.393 e. The highest BCUT2D eigenvalue weighted by Crippen LogP contribution is 2.33. The maximum atomic E-state index is 12.6. The lowest BCUT2D eigenvalue weighted by Gasteiger charge is -2.39. The minimum atomic E-state index is -4.04. The summed E-state index contributed by atoms with van der Waals surface area (Å²) in [5.41, 5.74) is 0. The summed E-state index contributed by atoms with van der Waals surface area (Å²) >= 11 is 0. The zero-order chi connectivity index (χ0) is 12.3. The maximum Gasteiger partial charge on any atom is 0.393 e. The number of hydrogen-bond donors (Lipinski definition) is 1. The van der Waals surface area contributed by atoms with Crippen LogP contribution in [0.25, 0.3) is 0 Å². The van der Waals surface area contributed by atoms with Gasteiger partial charge in [0.05, 0.1) is 5.92 Å². The van der Waals surface area contributed by atoms with E-state index in [1.54, 1.807) is 0 Å². The molecule has 0 aliphatic carbocycles. The third kappa shape index (κ3) is 3.35. The standard InChI is InChI=1S/C11H21F3N2/c1-8(15-3)9(2)16-6-4-5-10(7-16)11(12,13)14/h8-10,15H,4-7H2,1-3H3. The molecule has 1 aliphatic heterocycles. The molecule has 1 heterocycles. The molecule has 0 aromatic heterocycles. The van der Waals surface area contributed by atoms with E-state index in [0.717, 1.165) is 6.54 Å². The van der Waals surface area contributed by atoms with Crippen LogP contribution < -0.4 is 5.32 Å². The molecule has 1 N–H and O–H groups in total. The van der Waals surface area contributed by atoms with Crippen LogP contribution in [0, 0.1) is 5.92 Å². The van der Waals surface area contributed by atoms with E-state index >= 15 is 0 Å². The second-order valence-corrected chi connectivity index (χ2v) is 4.69. The number of nitrogens with one attached hydrogen (secondary N) is 1. The van der Waals surface area contributed by atoms with Gasteiger partial charge in [-0.3, -0.25) is 4.90 Å². The molecule has 1 aliphatic rings. The van der Waals surface area contributed by atoms with Crippen LogP contribution in [0.4, 0.5) is 13.2 Å². The van der Waals surface area contributed by atoms with Crippen LogP contribution in [0.3, 0.4) is 0 Å². The Balaban J connectivity index is 2.57. The molecule has 1 fully saturated rings. The molecule has 0 saturated carbocycles. The smallest absolute Gasteiger partial charge is 0.316 e. The molecular formula is C11H21F3N2. The normalized spacial score (nSPS) is 27.8. The number of alkyl halides is 3. The first kappa shape index (κ1) is 13.8. The van der Waals surface area contributed by atoms with Gasteiger partial charge in [0, 0.05) is 18.6 Å². The molecule has 3 atom stereocenters. The molecule has 1 saturated heterocycles. The van der Waals surface area contributed by atoms with Crippen LogP contribution in [0.5, 0.6) is 0 Å². The van der Waals surface area contributed by atoms with Crippen LogP contribution in [0.15, 0.2) is 0 Å². The van der Waals surface area contributed by atoms with Gasteiger partial charge in [-0.1, -0.05) is 0 Å². The fourth-order valence-corrected chi connectivity index (χ4v) is 2.20. The summed E-state index contributed by atoms with van der Waals surface area (Å²) in [7, 11) is 1.84. The zero-order valence-corrected chi connectivity index (χ0v) is 10.1. The van der Waals surface area contributed by atoms with Gasteiger partial charge in [0.1, 0.15) is 0 Å². The number of likely N-dealkylation sites (N-methyl/N-ethyl adjacent to an activating group) is 1. The minimum absolute atomic E-state index is 0.148. The average molecular weight is 238 g/mol. The molecular weight excluding hydrogens is 217 g/mol. The van der Waals surface area contributed by atoms with Crippen molar-refractivity contribution in [3.05, 3.63) is 0 Å². The number of rotatable bonds is 3. The highest BCUT2D eigenvalue weighted by atomic mass is 19.4. The first-order valence-corrected chi connectivity index (χ1v) is 5.84. The molecule has 0 amide bonds. The number of piperidine rings is 1. The molecule has 0 bridgehead atoms. The number of likely N-dealkylation sites (tertiary alicyclic amines) is 1. The van der Waals surface area contributed by atoms with E-state index in [9.17, 15) is 13.2 Å². The zero-order valence-electron chi connectivity index (χ0n) is 10.1. The molecule has 2 nitrogen and oxygen atoms in total. The van der Waals surface area contributed by atoms with Crippen molar-refractivity contribution in [3.63, 3.8) is 0 Å². The summed E-state index contributed by atoms with van der Waals surface area (Å²) in [6, 6.07) is 0.363. The van der Waals surface area contributed by atoms with Crippen molar-refractivity contribution in [1.29, 1.82) is 0 Å². The predicted octanol–water partition coefficient (Wildman–Crippen LogP) is 2.26. The van der Waals surface area contributed by atoms with E-state index in [1.807, 2.05) is 25.8 Å². The van der Waals surface area contributed by atoms with Gasteiger partial charge in [0.25, 0.3) is 0 Å². The van der Waals surface area contributed by atoms with Gasteiger partial charge in [0.2, 0.25) is 0 Å². The van der Waals surface area contributed by atoms with Crippen molar-refractivity contribution in [3.8, 4) is 0 Å². The van der Waals surface area contributed by atoms with Gasteiger partial charge >= 0.3 is 6.18 Å². The fraction of sp³-hybridized carbons (Fsp3) is 1.00. The van der Waals surface area contributed by atoms with Crippen molar-refractivity contribution in [2.45, 2.75) is 44.9 Å². The molecule has 1 rings (SSSR count). The van der Waals surface area contributed by atoms with Crippen molar-refractivity contribution < 1.29 is 13.2 Å². The highest BCUT2D eigenvalue weighted by molar-refractivity contribution is 4.84. The summed E-state index contributed by atoms with van der Waals surface area (Å²) in [6.07, 6.45) is -3.12. The van der Waals surface area contributed by atoms with Gasteiger partial charge in [-0.25, -0.2) is 0 Å². The lowest BCUT2D eigenvalue weighted by atomic mass is 9.95. The van der Waals surface area contributed by atoms with Gasteiger partial charge in [-0.2, -0.15) is 13.2 Å². The summed E-state index contributed by atoms with van der Waals surface area (Å²) in [5.74, 6) is -1.15. The van der Waals surface area contributed by atoms with E-state index in [4.69, 9.17) is 0 Å². The predicted molar refractivity (Wildman–Crippen MR) is 58.3 cm³/mol. The summed E-state index contributed by atoms with van der Waals surface area (Å²) < 4.78 is 37.9. The molecule has 0 aromatic rings. The Morgan fingerprint density at radius 2 is 1.94 bits per heavy atom. The van der Waals surface area contributed by atoms with Crippen molar-refractivity contribution in [1.82, 2.24) is 10.2 Å². The second-order valence-electron chi connectivity index (χ2n) is 4.69. The third-order valence-electron chi connectivity index (χ3n) is 3.67. The van der Waals surface area contributed by atoms with Gasteiger partial charge in [-0.15, -0.1) is 0 Å². The molecule has 16 heavy (non-hydrogen) atoms. The SMILES string of the molecule is CNC(C)C(C)N1CCCC(C(F)(F)F)C1. The summed E-state index contributed by atoms with van der Waals surface area (Å²) in [6.45, 7) is 4.91. The molecule has 0 spiro atoms. The van der Waals surface area contributed by atoms with E-state index in [-0.39, 0.29) is 25.0 Å². The topological polar surface area (TPSA) is 15.3 Å². The minimum Gasteiger partial charge on any atom is -0.316 e. The Morgan fingerprint density at radius 1 is 1.31 bits per heavy atom. The number of halogens is 3. The fourth-order valence-electron chi connectivity index (χ4n) is 2.20. The Kier molecular flexibility index (Phi) is 4.62. The monoisotopic (exact) mass is 238 g/mol. The van der Waals surface area contributed by atoms with Crippen molar-refractivity contribution >= 4 is 0 Å². The van der Waals surface area contributed by atoms with E-state index in [0.29, 0.717) is 6.42 Å². The van der Waals surface area contributed by atoms with Crippen molar-refractivity contribution in [2.75, 3.05) is 20.1 Å². The lowest BCUT2D eigenvalue weighted by Crippen LogP contribution is -2.51. The maximum absolute atomic E-state index is 12.6. The number of nitrogens with zero attached hydrogens (tertiary/aromatic N) is 1. The van der Waals surface area contributed by atoms with Gasteiger partial charge in [-0.05, 0) is 40.3 Å². The van der Waals surface area contributed by atoms with E-state index in [2.05, 4.69) is 5.32 Å². The third-order valence-corrected chi connectivity index (χ3v) is 3.67. The van der Waals surface area contributed by atoms with Crippen molar-refractivity contribution in [2.24, 2.45) is 5.92 Å². The molecule has 96 valence electrons. The van der Waals surface area contributed by atoms with Crippen LogP contribution in [-0.4, -0.2) is 43.3 Å². The first-order chi connectivity index (χ1) is 7.36. The average Bonchev–Trinajstić information content (AvgIpc) is 2.26. The van der Waals surface area contributed by atoms with E-state index in [1.165, 1.54) is 0 Å². The Bertz CT molecular complexity index is 218. The Morgan fingerprint density at radius 3 is 2.44 bits per heavy atom. The van der Waals surface area contributed by atoms with Crippen LogP contribution in [-0.2, 0) is 0 Å². The number of hydrogen-bond acceptors (Lipinski definition) is 2. The van der Waals surface area contributed by atoms with E-state index < -0.39 is 12.1 Å². The van der Waals surface area contributed by atoms with Gasteiger partial charge in [0.15, 0.2) is 0 Å².